The zero-order valence-electron chi connectivity index (χ0n) is 13.8. The Hall–Kier alpha value is -1.64. The topological polar surface area (TPSA) is 65.6 Å². The van der Waals surface area contributed by atoms with Crippen molar-refractivity contribution in [1.82, 2.24) is 9.55 Å². The van der Waals surface area contributed by atoms with Crippen LogP contribution in [0, 0.1) is 0 Å². The van der Waals surface area contributed by atoms with Gasteiger partial charge >= 0.3 is 5.97 Å². The number of nitrogens with one attached hydrogen (secondary N) is 1. The number of thioether (sulfide) groups is 1. The maximum atomic E-state index is 13.0. The van der Waals surface area contributed by atoms with Crippen molar-refractivity contribution in [2.75, 3.05) is 26.5 Å². The number of thiophene rings is 1. The first-order valence-electron chi connectivity index (χ1n) is 7.72. The number of ether oxygens (including phenoxy) is 1. The van der Waals surface area contributed by atoms with E-state index < -0.39 is 0 Å². The monoisotopic (exact) mass is 366 g/mol. The number of nitrogens with zero attached hydrogens (tertiary/aromatic N) is 2. The molecule has 1 aliphatic rings. The van der Waals surface area contributed by atoms with Gasteiger partial charge in [0.15, 0.2) is 5.16 Å². The highest BCUT2D eigenvalue weighted by Gasteiger charge is 2.25. The summed E-state index contributed by atoms with van der Waals surface area (Å²) >= 11 is 2.82. The molecule has 8 heteroatoms. The van der Waals surface area contributed by atoms with Crippen molar-refractivity contribution in [3.05, 3.63) is 33.4 Å². The largest absolute Gasteiger partial charge is 0.468 e. The minimum absolute atomic E-state index is 0.0377. The highest BCUT2D eigenvalue weighted by atomic mass is 32.2. The number of fused-ring (bicyclic) bond motifs is 3. The normalized spacial score (nSPS) is 16.8. The summed E-state index contributed by atoms with van der Waals surface area (Å²) in [5.41, 5.74) is 1.12. The van der Waals surface area contributed by atoms with Crippen LogP contribution >= 0.6 is 23.1 Å². The van der Waals surface area contributed by atoms with Crippen molar-refractivity contribution in [1.29, 1.82) is 0 Å². The van der Waals surface area contributed by atoms with Gasteiger partial charge in [-0.25, -0.2) is 4.98 Å². The highest BCUT2D eigenvalue weighted by Crippen LogP contribution is 2.30. The molecule has 1 atom stereocenters. The number of aromatic nitrogens is 2. The number of allylic oxidation sites excluding steroid dienone is 1. The van der Waals surface area contributed by atoms with E-state index >= 15 is 0 Å². The first kappa shape index (κ1) is 17.2. The fourth-order valence-corrected chi connectivity index (χ4v) is 5.07. The minimum atomic E-state index is -0.338. The molecule has 1 unspecified atom stereocenters. The van der Waals surface area contributed by atoms with Crippen LogP contribution in [0.1, 0.15) is 10.4 Å². The van der Waals surface area contributed by atoms with Gasteiger partial charge in [0.05, 0.1) is 36.7 Å². The highest BCUT2D eigenvalue weighted by molar-refractivity contribution is 7.99. The average Bonchev–Trinajstić information content (AvgIpc) is 2.92. The van der Waals surface area contributed by atoms with E-state index in [9.17, 15) is 9.59 Å². The van der Waals surface area contributed by atoms with Crippen LogP contribution in [-0.2, 0) is 29.0 Å². The zero-order chi connectivity index (χ0) is 17.3. The van der Waals surface area contributed by atoms with Crippen LogP contribution in [-0.4, -0.2) is 42.0 Å². The molecular weight excluding hydrogens is 346 g/mol. The van der Waals surface area contributed by atoms with E-state index in [2.05, 4.69) is 23.3 Å². The van der Waals surface area contributed by atoms with Crippen LogP contribution in [0.2, 0.25) is 0 Å². The molecule has 0 fully saturated rings. The molecule has 0 spiro atoms. The number of rotatable bonds is 5. The number of hydrogen-bond donors (Lipinski definition) is 1. The van der Waals surface area contributed by atoms with E-state index in [1.807, 2.05) is 0 Å². The second kappa shape index (κ2) is 7.08. The maximum absolute atomic E-state index is 13.0. The van der Waals surface area contributed by atoms with Crippen molar-refractivity contribution in [3.63, 3.8) is 0 Å². The molecule has 1 aliphatic heterocycles. The lowest BCUT2D eigenvalue weighted by Crippen LogP contribution is -3.08. The number of carbonyl (C=O) groups excluding carboxylic acids is 1. The van der Waals surface area contributed by atoms with Crippen LogP contribution in [0.25, 0.3) is 10.2 Å². The predicted molar refractivity (Wildman–Crippen MR) is 96.0 cm³/mol. The Balaban J connectivity index is 2.11. The third-order valence-electron chi connectivity index (χ3n) is 4.08. The lowest BCUT2D eigenvalue weighted by molar-refractivity contribution is -0.895. The summed E-state index contributed by atoms with van der Waals surface area (Å²) in [4.78, 5) is 32.6. The Labute approximate surface area is 148 Å². The number of quaternary nitrogens is 1. The van der Waals surface area contributed by atoms with Crippen molar-refractivity contribution >= 4 is 39.3 Å². The van der Waals surface area contributed by atoms with E-state index in [1.54, 1.807) is 22.0 Å². The molecule has 0 saturated heterocycles. The summed E-state index contributed by atoms with van der Waals surface area (Å²) < 4.78 is 6.27. The number of esters is 1. The van der Waals surface area contributed by atoms with E-state index in [0.29, 0.717) is 11.7 Å². The van der Waals surface area contributed by atoms with Crippen molar-refractivity contribution < 1.29 is 14.4 Å². The zero-order valence-corrected chi connectivity index (χ0v) is 15.4. The molecule has 24 heavy (non-hydrogen) atoms. The van der Waals surface area contributed by atoms with Crippen LogP contribution < -0.4 is 10.5 Å². The summed E-state index contributed by atoms with van der Waals surface area (Å²) in [5, 5.41) is 1.28. The summed E-state index contributed by atoms with van der Waals surface area (Å²) in [7, 11) is 3.51. The quantitative estimate of drug-likeness (QED) is 0.361. The summed E-state index contributed by atoms with van der Waals surface area (Å²) in [6.45, 7) is 6.06. The molecule has 3 heterocycles. The van der Waals surface area contributed by atoms with E-state index in [-0.39, 0.29) is 17.3 Å². The first-order valence-corrected chi connectivity index (χ1v) is 9.52. The molecule has 0 bridgehead atoms. The smallest absolute Gasteiger partial charge is 0.316 e. The molecule has 3 rings (SSSR count). The molecular formula is C16H20N3O3S2+. The molecule has 0 amide bonds. The fraction of sp³-hybridized carbons (Fsp3) is 0.438. The maximum Gasteiger partial charge on any atom is 0.316 e. The van der Waals surface area contributed by atoms with E-state index in [4.69, 9.17) is 0 Å². The van der Waals surface area contributed by atoms with Crippen molar-refractivity contribution in [2.24, 2.45) is 0 Å². The molecule has 2 aromatic heterocycles. The third kappa shape index (κ3) is 3.13. The van der Waals surface area contributed by atoms with Crippen molar-refractivity contribution in [2.45, 2.75) is 24.7 Å². The Morgan fingerprint density at radius 1 is 1.58 bits per heavy atom. The van der Waals surface area contributed by atoms with Gasteiger partial charge in [-0.05, 0) is 5.56 Å². The van der Waals surface area contributed by atoms with Gasteiger partial charge in [-0.2, -0.15) is 0 Å². The van der Waals surface area contributed by atoms with Crippen LogP contribution in [0.4, 0.5) is 0 Å². The number of hydrogen-bond acceptors (Lipinski definition) is 6. The Kier molecular flexibility index (Phi) is 5.07. The van der Waals surface area contributed by atoms with Gasteiger partial charge in [-0.3, -0.25) is 14.2 Å². The van der Waals surface area contributed by atoms with Gasteiger partial charge in [0.2, 0.25) is 0 Å². The molecule has 0 aromatic carbocycles. The van der Waals surface area contributed by atoms with Gasteiger partial charge in [0.25, 0.3) is 5.56 Å². The van der Waals surface area contributed by atoms with Gasteiger partial charge in [0.1, 0.15) is 11.4 Å². The van der Waals surface area contributed by atoms with E-state index in [0.717, 1.165) is 35.3 Å². The Morgan fingerprint density at radius 3 is 3.08 bits per heavy atom. The lowest BCUT2D eigenvalue weighted by Gasteiger charge is -2.19. The molecule has 1 N–H and O–H groups in total. The second-order valence-corrected chi connectivity index (χ2v) is 7.81. The van der Waals surface area contributed by atoms with Crippen LogP contribution in [0.3, 0.4) is 0 Å². The Morgan fingerprint density at radius 2 is 2.38 bits per heavy atom. The molecule has 0 saturated carbocycles. The SMILES string of the molecule is C=CCn1c(SCC(=O)OC)nc2sc3c(c2c1=O)CC[NH+](C)C3. The number of likely N-dealkylation sites (N-methyl/N-ethyl adjacent to an activating group) is 1. The Bertz CT molecular complexity index is 856. The molecule has 0 aliphatic carbocycles. The van der Waals surface area contributed by atoms with Gasteiger partial charge in [-0.1, -0.05) is 17.8 Å². The van der Waals surface area contributed by atoms with Crippen LogP contribution in [0.15, 0.2) is 22.6 Å². The molecule has 2 aromatic rings. The summed E-state index contributed by atoms with van der Waals surface area (Å²) in [6, 6.07) is 0. The minimum Gasteiger partial charge on any atom is -0.468 e. The number of carbonyl (C=O) groups is 1. The predicted octanol–water partition coefficient (Wildman–Crippen LogP) is 0.480. The lowest BCUT2D eigenvalue weighted by atomic mass is 10.1. The van der Waals surface area contributed by atoms with Gasteiger partial charge in [-0.15, -0.1) is 17.9 Å². The molecule has 0 radical (unpaired) electrons. The van der Waals surface area contributed by atoms with Gasteiger partial charge < -0.3 is 9.64 Å². The van der Waals surface area contributed by atoms with Crippen LogP contribution in [0.5, 0.6) is 0 Å². The molecule has 6 nitrogen and oxygen atoms in total. The average molecular weight is 366 g/mol. The fourth-order valence-electron chi connectivity index (χ4n) is 2.86. The second-order valence-electron chi connectivity index (χ2n) is 5.78. The molecule has 128 valence electrons. The first-order chi connectivity index (χ1) is 11.5. The summed E-state index contributed by atoms with van der Waals surface area (Å²) in [6.07, 6.45) is 2.58. The third-order valence-corrected chi connectivity index (χ3v) is 6.16. The van der Waals surface area contributed by atoms with Crippen molar-refractivity contribution in [3.8, 4) is 0 Å². The van der Waals surface area contributed by atoms with Gasteiger partial charge in [0, 0.05) is 13.0 Å². The number of methoxy groups -OCH3 is 1. The summed E-state index contributed by atoms with van der Waals surface area (Å²) in [5.74, 6) is -0.209. The standard InChI is InChI=1S/C16H19N3O3S2/c1-4-6-19-15(21)13-10-5-7-18(2)8-11(10)24-14(13)17-16(19)23-9-12(20)22-3/h4H,1,5-9H2,2-3H3/p+1. The van der Waals surface area contributed by atoms with E-state index in [1.165, 1.54) is 28.6 Å².